The monoisotopic (exact) mass is 323 g/mol. The van der Waals surface area contributed by atoms with E-state index in [4.69, 9.17) is 15.3 Å². The first-order chi connectivity index (χ1) is 10.7. The first kappa shape index (κ1) is 18.8. The summed E-state index contributed by atoms with van der Waals surface area (Å²) in [4.78, 5) is 23.4. The number of nitrogens with one attached hydrogen (secondary N) is 2. The number of rotatable bonds is 6. The Labute approximate surface area is 136 Å². The maximum absolute atomic E-state index is 11.9. The van der Waals surface area contributed by atoms with E-state index < -0.39 is 17.7 Å². The van der Waals surface area contributed by atoms with Crippen LogP contribution in [0.2, 0.25) is 0 Å². The van der Waals surface area contributed by atoms with Gasteiger partial charge in [0.25, 0.3) is 0 Å². The molecule has 7 heteroatoms. The van der Waals surface area contributed by atoms with Crippen LogP contribution >= 0.6 is 0 Å². The molecule has 0 bridgehead atoms. The maximum atomic E-state index is 11.9. The number of amides is 2. The number of benzene rings is 1. The third kappa shape index (κ3) is 7.51. The van der Waals surface area contributed by atoms with Crippen molar-refractivity contribution in [2.75, 3.05) is 7.11 Å². The van der Waals surface area contributed by atoms with Gasteiger partial charge in [-0.15, -0.1) is 0 Å². The minimum absolute atomic E-state index is 0.0573. The molecule has 0 saturated heterocycles. The van der Waals surface area contributed by atoms with E-state index >= 15 is 0 Å². The highest BCUT2D eigenvalue weighted by molar-refractivity contribution is 5.77. The smallest absolute Gasteiger partial charge is 0.407 e. The molecule has 0 radical (unpaired) electrons. The van der Waals surface area contributed by atoms with Crippen LogP contribution in [0.1, 0.15) is 32.8 Å². The van der Waals surface area contributed by atoms with Crippen molar-refractivity contribution in [2.45, 2.75) is 45.3 Å². The molecule has 128 valence electrons. The van der Waals surface area contributed by atoms with Gasteiger partial charge in [-0.25, -0.2) is 10.6 Å². The molecule has 4 N–H and O–H groups in total. The van der Waals surface area contributed by atoms with Gasteiger partial charge in [-0.1, -0.05) is 12.1 Å². The lowest BCUT2D eigenvalue weighted by Gasteiger charge is -2.23. The van der Waals surface area contributed by atoms with Crippen LogP contribution in [-0.4, -0.2) is 30.8 Å². The van der Waals surface area contributed by atoms with Crippen molar-refractivity contribution in [2.24, 2.45) is 5.84 Å². The molecule has 0 saturated carbocycles. The van der Waals surface area contributed by atoms with Gasteiger partial charge in [0, 0.05) is 12.5 Å². The van der Waals surface area contributed by atoms with Crippen LogP contribution in [0.4, 0.5) is 4.79 Å². The number of carbonyl (C=O) groups excluding carboxylic acids is 2. The standard InChI is InChI=1S/C16H25N3O4/c1-16(2,3)23-15(21)18-12(10-14(20)19-17)9-11-5-7-13(22-4)8-6-11/h5-8,12H,9-10,17H2,1-4H3,(H,18,21)(H,19,20). The summed E-state index contributed by atoms with van der Waals surface area (Å²) in [6, 6.07) is 6.97. The van der Waals surface area contributed by atoms with Crippen LogP contribution in [0.25, 0.3) is 0 Å². The van der Waals surface area contributed by atoms with E-state index in [-0.39, 0.29) is 12.3 Å². The predicted molar refractivity (Wildman–Crippen MR) is 86.8 cm³/mol. The van der Waals surface area contributed by atoms with Crippen LogP contribution in [0, 0.1) is 0 Å². The predicted octanol–water partition coefficient (Wildman–Crippen LogP) is 1.51. The SMILES string of the molecule is COc1ccc(CC(CC(=O)NN)NC(=O)OC(C)(C)C)cc1. The van der Waals surface area contributed by atoms with Crippen molar-refractivity contribution >= 4 is 12.0 Å². The summed E-state index contributed by atoms with van der Waals surface area (Å²) in [6.45, 7) is 5.33. The van der Waals surface area contributed by atoms with Gasteiger partial charge in [0.1, 0.15) is 11.4 Å². The van der Waals surface area contributed by atoms with Crippen molar-refractivity contribution < 1.29 is 19.1 Å². The number of ether oxygens (including phenoxy) is 2. The Morgan fingerprint density at radius 2 is 1.83 bits per heavy atom. The Bertz CT molecular complexity index is 523. The molecule has 0 heterocycles. The van der Waals surface area contributed by atoms with Crippen LogP contribution in [-0.2, 0) is 16.0 Å². The number of hydrogen-bond donors (Lipinski definition) is 3. The fourth-order valence-corrected chi connectivity index (χ4v) is 1.98. The molecule has 0 aliphatic heterocycles. The summed E-state index contributed by atoms with van der Waals surface area (Å²) in [6.07, 6.45) is -0.0425. The average molecular weight is 323 g/mol. The molecule has 7 nitrogen and oxygen atoms in total. The number of methoxy groups -OCH3 is 1. The summed E-state index contributed by atoms with van der Waals surface area (Å²) in [5, 5.41) is 2.71. The summed E-state index contributed by atoms with van der Waals surface area (Å²) in [7, 11) is 1.59. The molecule has 1 aromatic carbocycles. The maximum Gasteiger partial charge on any atom is 0.407 e. The Morgan fingerprint density at radius 1 is 1.22 bits per heavy atom. The topological polar surface area (TPSA) is 103 Å². The minimum Gasteiger partial charge on any atom is -0.497 e. The van der Waals surface area contributed by atoms with Gasteiger partial charge in [0.05, 0.1) is 7.11 Å². The lowest BCUT2D eigenvalue weighted by Crippen LogP contribution is -2.44. The lowest BCUT2D eigenvalue weighted by atomic mass is 10.0. The third-order valence-electron chi connectivity index (χ3n) is 2.95. The summed E-state index contributed by atoms with van der Waals surface area (Å²) in [5.74, 6) is 5.50. The zero-order chi connectivity index (χ0) is 17.5. The number of hydrogen-bond acceptors (Lipinski definition) is 5. The normalized spacial score (nSPS) is 12.2. The van der Waals surface area contributed by atoms with Crippen molar-refractivity contribution in [3.63, 3.8) is 0 Å². The number of carbonyl (C=O) groups is 2. The second-order valence-corrected chi connectivity index (χ2v) is 6.17. The quantitative estimate of drug-likeness (QED) is 0.418. The van der Waals surface area contributed by atoms with E-state index in [2.05, 4.69) is 10.7 Å². The third-order valence-corrected chi connectivity index (χ3v) is 2.95. The number of nitrogens with two attached hydrogens (primary N) is 1. The molecular weight excluding hydrogens is 298 g/mol. The van der Waals surface area contributed by atoms with E-state index in [1.165, 1.54) is 0 Å². The second-order valence-electron chi connectivity index (χ2n) is 6.17. The van der Waals surface area contributed by atoms with Gasteiger partial charge in [-0.05, 0) is 44.9 Å². The van der Waals surface area contributed by atoms with Crippen LogP contribution in [0.15, 0.2) is 24.3 Å². The van der Waals surface area contributed by atoms with Crippen molar-refractivity contribution in [1.82, 2.24) is 10.7 Å². The van der Waals surface area contributed by atoms with Gasteiger partial charge in [-0.3, -0.25) is 10.2 Å². The highest BCUT2D eigenvalue weighted by Gasteiger charge is 2.21. The van der Waals surface area contributed by atoms with E-state index in [9.17, 15) is 9.59 Å². The van der Waals surface area contributed by atoms with E-state index in [1.54, 1.807) is 27.9 Å². The fourth-order valence-electron chi connectivity index (χ4n) is 1.98. The average Bonchev–Trinajstić information content (AvgIpc) is 2.45. The van der Waals surface area contributed by atoms with Gasteiger partial charge in [0.15, 0.2) is 0 Å². The minimum atomic E-state index is -0.606. The molecule has 0 aliphatic rings. The molecule has 0 aliphatic carbocycles. The summed E-state index contributed by atoms with van der Waals surface area (Å²) in [5.41, 5.74) is 2.42. The lowest BCUT2D eigenvalue weighted by molar-refractivity contribution is -0.121. The van der Waals surface area contributed by atoms with Crippen LogP contribution in [0.5, 0.6) is 5.75 Å². The second kappa shape index (κ2) is 8.38. The zero-order valence-corrected chi connectivity index (χ0v) is 14.0. The molecule has 23 heavy (non-hydrogen) atoms. The Balaban J connectivity index is 2.74. The first-order valence-electron chi connectivity index (χ1n) is 7.35. The molecule has 1 rings (SSSR count). The summed E-state index contributed by atoms with van der Waals surface area (Å²) >= 11 is 0. The molecule has 1 aromatic rings. The van der Waals surface area contributed by atoms with Gasteiger partial charge < -0.3 is 14.8 Å². The van der Waals surface area contributed by atoms with Gasteiger partial charge in [0.2, 0.25) is 5.91 Å². The largest absolute Gasteiger partial charge is 0.497 e. The molecule has 1 unspecified atom stereocenters. The Hall–Kier alpha value is -2.28. The molecule has 0 spiro atoms. The number of hydrazine groups is 1. The first-order valence-corrected chi connectivity index (χ1v) is 7.35. The van der Waals surface area contributed by atoms with Crippen molar-refractivity contribution in [1.29, 1.82) is 0 Å². The molecule has 0 fully saturated rings. The van der Waals surface area contributed by atoms with Crippen LogP contribution in [0.3, 0.4) is 0 Å². The van der Waals surface area contributed by atoms with Crippen molar-refractivity contribution in [3.05, 3.63) is 29.8 Å². The van der Waals surface area contributed by atoms with Gasteiger partial charge >= 0.3 is 6.09 Å². The fraction of sp³-hybridized carbons (Fsp3) is 0.500. The Kier molecular flexibility index (Phi) is 6.84. The highest BCUT2D eigenvalue weighted by atomic mass is 16.6. The van der Waals surface area contributed by atoms with E-state index in [0.717, 1.165) is 11.3 Å². The zero-order valence-electron chi connectivity index (χ0n) is 14.0. The van der Waals surface area contributed by atoms with Crippen molar-refractivity contribution in [3.8, 4) is 5.75 Å². The van der Waals surface area contributed by atoms with Crippen LogP contribution < -0.4 is 21.3 Å². The van der Waals surface area contributed by atoms with Gasteiger partial charge in [-0.2, -0.15) is 0 Å². The molecule has 1 atom stereocenters. The van der Waals surface area contributed by atoms with E-state index in [1.807, 2.05) is 24.3 Å². The molecular formula is C16H25N3O4. The molecule has 2 amide bonds. The molecule has 0 aromatic heterocycles. The number of alkyl carbamates (subject to hydrolysis) is 1. The summed E-state index contributed by atoms with van der Waals surface area (Å²) < 4.78 is 10.3. The highest BCUT2D eigenvalue weighted by Crippen LogP contribution is 2.14. The Morgan fingerprint density at radius 3 is 2.30 bits per heavy atom. The van der Waals surface area contributed by atoms with E-state index in [0.29, 0.717) is 6.42 Å².